The molecule has 2 aromatic rings. The van der Waals surface area contributed by atoms with Crippen molar-refractivity contribution in [1.82, 2.24) is 0 Å². The Bertz CT molecular complexity index is 629. The average molecular weight is 374 g/mol. The lowest BCUT2D eigenvalue weighted by Gasteiger charge is -2.31. The molecule has 2 N–H and O–H groups in total. The van der Waals surface area contributed by atoms with E-state index in [4.69, 9.17) is 11.6 Å². The Morgan fingerprint density at radius 2 is 1.81 bits per heavy atom. The number of hydrogen-bond acceptors (Lipinski definition) is 2. The molecule has 0 unspecified atom stereocenters. The van der Waals surface area contributed by atoms with Gasteiger partial charge in [-0.05, 0) is 47.9 Å². The molecule has 0 bridgehead atoms. The Hall–Kier alpha value is -0.940. The summed E-state index contributed by atoms with van der Waals surface area (Å²) < 4.78 is 14.7. The van der Waals surface area contributed by atoms with Gasteiger partial charge in [-0.3, -0.25) is 0 Å². The molecule has 2 nitrogen and oxygen atoms in total. The van der Waals surface area contributed by atoms with Crippen molar-refractivity contribution in [3.63, 3.8) is 0 Å². The lowest BCUT2D eigenvalue weighted by atomic mass is 9.77. The highest BCUT2D eigenvalue weighted by molar-refractivity contribution is 9.10. The first kappa shape index (κ1) is 16.4. The van der Waals surface area contributed by atoms with Gasteiger partial charge in [-0.15, -0.1) is 0 Å². The lowest BCUT2D eigenvalue weighted by Crippen LogP contribution is -2.37. The monoisotopic (exact) mass is 372 g/mol. The number of halogens is 3. The summed E-state index contributed by atoms with van der Waals surface area (Å²) >= 11 is 9.28. The summed E-state index contributed by atoms with van der Waals surface area (Å²) in [5.41, 5.74) is 0.124. The van der Waals surface area contributed by atoms with E-state index in [9.17, 15) is 14.6 Å². The molecule has 5 heteroatoms. The Labute approximate surface area is 136 Å². The normalized spacial score (nSPS) is 11.7. The van der Waals surface area contributed by atoms with Crippen LogP contribution in [0.5, 0.6) is 0 Å². The number of rotatable bonds is 5. The molecule has 0 radical (unpaired) electrons. The third kappa shape index (κ3) is 3.64. The van der Waals surface area contributed by atoms with Crippen molar-refractivity contribution in [3.8, 4) is 0 Å². The van der Waals surface area contributed by atoms with Crippen LogP contribution in [0, 0.1) is 5.82 Å². The van der Waals surface area contributed by atoms with Crippen LogP contribution in [0.4, 0.5) is 4.39 Å². The molecule has 112 valence electrons. The van der Waals surface area contributed by atoms with E-state index in [0.29, 0.717) is 16.1 Å². The Balaban J connectivity index is 2.45. The van der Waals surface area contributed by atoms with E-state index in [1.807, 2.05) is 0 Å². The van der Waals surface area contributed by atoms with E-state index in [2.05, 4.69) is 15.9 Å². The Morgan fingerprint density at radius 3 is 2.43 bits per heavy atom. The maximum atomic E-state index is 14.0. The molecule has 0 aliphatic carbocycles. The molecule has 2 rings (SSSR count). The van der Waals surface area contributed by atoms with Crippen LogP contribution in [0.2, 0.25) is 5.02 Å². The molecule has 0 aliphatic rings. The predicted octanol–water partition coefficient (Wildman–Crippen LogP) is 3.71. The molecule has 0 heterocycles. The number of aliphatic hydroxyl groups excluding tert-OH is 2. The molecular weight excluding hydrogens is 359 g/mol. The summed E-state index contributed by atoms with van der Waals surface area (Å²) in [5.74, 6) is -0.369. The van der Waals surface area contributed by atoms with Gasteiger partial charge in [0.1, 0.15) is 5.82 Å². The fourth-order valence-corrected chi connectivity index (χ4v) is 2.91. The molecule has 21 heavy (non-hydrogen) atoms. The van der Waals surface area contributed by atoms with Crippen LogP contribution in [0.15, 0.2) is 46.9 Å². The smallest absolute Gasteiger partial charge is 0.126 e. The van der Waals surface area contributed by atoms with Crippen LogP contribution in [-0.4, -0.2) is 23.4 Å². The molecule has 0 amide bonds. The van der Waals surface area contributed by atoms with Gasteiger partial charge >= 0.3 is 0 Å². The second kappa shape index (κ2) is 6.88. The van der Waals surface area contributed by atoms with Gasteiger partial charge in [0.15, 0.2) is 0 Å². The maximum absolute atomic E-state index is 14.0. The van der Waals surface area contributed by atoms with Crippen LogP contribution in [-0.2, 0) is 11.8 Å². The van der Waals surface area contributed by atoms with E-state index in [-0.39, 0.29) is 25.5 Å². The van der Waals surface area contributed by atoms with Gasteiger partial charge in [0, 0.05) is 14.9 Å². The topological polar surface area (TPSA) is 40.5 Å². The quantitative estimate of drug-likeness (QED) is 0.839. The van der Waals surface area contributed by atoms with Crippen LogP contribution in [0.1, 0.15) is 11.1 Å². The molecule has 0 aromatic heterocycles. The molecule has 0 spiro atoms. The van der Waals surface area contributed by atoms with Gasteiger partial charge in [0.2, 0.25) is 0 Å². The zero-order valence-electron chi connectivity index (χ0n) is 11.2. The summed E-state index contributed by atoms with van der Waals surface area (Å²) in [6.07, 6.45) is 0.172. The number of hydrogen-bond donors (Lipinski definition) is 2. The summed E-state index contributed by atoms with van der Waals surface area (Å²) in [5, 5.41) is 20.1. The van der Waals surface area contributed by atoms with Crippen molar-refractivity contribution >= 4 is 27.5 Å². The molecule has 0 fully saturated rings. The van der Waals surface area contributed by atoms with Gasteiger partial charge in [-0.1, -0.05) is 39.7 Å². The van der Waals surface area contributed by atoms with Gasteiger partial charge in [0.05, 0.1) is 13.2 Å². The maximum Gasteiger partial charge on any atom is 0.126 e. The van der Waals surface area contributed by atoms with Crippen molar-refractivity contribution in [1.29, 1.82) is 0 Å². The first-order valence-corrected chi connectivity index (χ1v) is 7.59. The summed E-state index contributed by atoms with van der Waals surface area (Å²) in [4.78, 5) is 0. The zero-order valence-corrected chi connectivity index (χ0v) is 13.5. The standard InChI is InChI=1S/C16H15BrClFO2/c17-13-4-5-15(19)11(6-13)8-16(9-20,10-21)12-2-1-3-14(18)7-12/h1-7,20-21H,8-10H2. The van der Waals surface area contributed by atoms with Crippen LogP contribution < -0.4 is 0 Å². The molecule has 0 saturated carbocycles. The van der Waals surface area contributed by atoms with Crippen molar-refractivity contribution < 1.29 is 14.6 Å². The van der Waals surface area contributed by atoms with Crippen molar-refractivity contribution in [2.24, 2.45) is 0 Å². The first-order valence-electron chi connectivity index (χ1n) is 6.42. The highest BCUT2D eigenvalue weighted by Crippen LogP contribution is 2.31. The summed E-state index contributed by atoms with van der Waals surface area (Å²) in [6.45, 7) is -0.619. The van der Waals surface area contributed by atoms with Crippen LogP contribution >= 0.6 is 27.5 Å². The lowest BCUT2D eigenvalue weighted by molar-refractivity contribution is 0.115. The van der Waals surface area contributed by atoms with E-state index in [1.165, 1.54) is 6.07 Å². The highest BCUT2D eigenvalue weighted by Gasteiger charge is 2.32. The number of benzene rings is 2. The van der Waals surface area contributed by atoms with Crippen molar-refractivity contribution in [3.05, 3.63) is 68.9 Å². The average Bonchev–Trinajstić information content (AvgIpc) is 2.48. The van der Waals surface area contributed by atoms with E-state index in [1.54, 1.807) is 36.4 Å². The second-order valence-corrected chi connectivity index (χ2v) is 6.37. The first-order chi connectivity index (χ1) is 10.0. The van der Waals surface area contributed by atoms with Crippen molar-refractivity contribution in [2.75, 3.05) is 13.2 Å². The molecule has 0 atom stereocenters. The number of aliphatic hydroxyl groups is 2. The second-order valence-electron chi connectivity index (χ2n) is 5.02. The SMILES string of the molecule is OCC(CO)(Cc1cc(Br)ccc1F)c1cccc(Cl)c1. The van der Waals surface area contributed by atoms with Gasteiger partial charge in [-0.2, -0.15) is 0 Å². The van der Waals surface area contributed by atoms with Gasteiger partial charge in [0.25, 0.3) is 0 Å². The zero-order chi connectivity index (χ0) is 15.5. The molecule has 0 saturated heterocycles. The molecule has 0 aliphatic heterocycles. The minimum Gasteiger partial charge on any atom is -0.395 e. The summed E-state index contributed by atoms with van der Waals surface area (Å²) in [6, 6.07) is 11.5. The molecule has 2 aromatic carbocycles. The van der Waals surface area contributed by atoms with Crippen molar-refractivity contribution in [2.45, 2.75) is 11.8 Å². The van der Waals surface area contributed by atoms with Crippen LogP contribution in [0.3, 0.4) is 0 Å². The van der Waals surface area contributed by atoms with Crippen LogP contribution in [0.25, 0.3) is 0 Å². The summed E-state index contributed by atoms with van der Waals surface area (Å²) in [7, 11) is 0. The Kier molecular flexibility index (Phi) is 5.38. The minimum atomic E-state index is -0.980. The predicted molar refractivity (Wildman–Crippen MR) is 85.1 cm³/mol. The van der Waals surface area contributed by atoms with Gasteiger partial charge < -0.3 is 10.2 Å². The third-order valence-corrected chi connectivity index (χ3v) is 4.31. The van der Waals surface area contributed by atoms with E-state index >= 15 is 0 Å². The fourth-order valence-electron chi connectivity index (χ4n) is 2.31. The largest absolute Gasteiger partial charge is 0.395 e. The van der Waals surface area contributed by atoms with E-state index in [0.717, 1.165) is 4.47 Å². The third-order valence-electron chi connectivity index (χ3n) is 3.58. The Morgan fingerprint density at radius 1 is 1.10 bits per heavy atom. The van der Waals surface area contributed by atoms with E-state index < -0.39 is 5.41 Å². The van der Waals surface area contributed by atoms with Gasteiger partial charge in [-0.25, -0.2) is 4.39 Å². The minimum absolute atomic E-state index is 0.172. The highest BCUT2D eigenvalue weighted by atomic mass is 79.9. The fraction of sp³-hybridized carbons (Fsp3) is 0.250. The molecular formula is C16H15BrClFO2.